The fourth-order valence-corrected chi connectivity index (χ4v) is 3.54. The number of urea groups is 1. The SMILES string of the molecule is CCOC(=O)C1=C(C)NC(=O)NC1c1ccc(OC2CCCCC2)cc1. The first kappa shape index (κ1) is 18.3. The van der Waals surface area contributed by atoms with Crippen molar-refractivity contribution in [2.24, 2.45) is 0 Å². The second-order valence-electron chi connectivity index (χ2n) is 6.74. The Morgan fingerprint density at radius 2 is 1.85 bits per heavy atom. The molecule has 140 valence electrons. The summed E-state index contributed by atoms with van der Waals surface area (Å²) < 4.78 is 11.2. The summed E-state index contributed by atoms with van der Waals surface area (Å²) in [7, 11) is 0. The zero-order chi connectivity index (χ0) is 18.5. The van der Waals surface area contributed by atoms with Gasteiger partial charge in [-0.3, -0.25) is 0 Å². The van der Waals surface area contributed by atoms with E-state index in [1.807, 2.05) is 24.3 Å². The van der Waals surface area contributed by atoms with E-state index in [1.165, 1.54) is 19.3 Å². The van der Waals surface area contributed by atoms with Gasteiger partial charge in [-0.2, -0.15) is 0 Å². The van der Waals surface area contributed by atoms with Crippen LogP contribution in [-0.2, 0) is 9.53 Å². The van der Waals surface area contributed by atoms with Crippen molar-refractivity contribution < 1.29 is 19.1 Å². The normalized spacial score (nSPS) is 21.0. The molecule has 1 aliphatic carbocycles. The van der Waals surface area contributed by atoms with Crippen molar-refractivity contribution in [3.63, 3.8) is 0 Å². The van der Waals surface area contributed by atoms with Crippen molar-refractivity contribution in [1.29, 1.82) is 0 Å². The molecule has 2 amide bonds. The quantitative estimate of drug-likeness (QED) is 0.789. The summed E-state index contributed by atoms with van der Waals surface area (Å²) >= 11 is 0. The number of benzene rings is 1. The number of carbonyl (C=O) groups excluding carboxylic acids is 2. The molecule has 2 N–H and O–H groups in total. The summed E-state index contributed by atoms with van der Waals surface area (Å²) in [6.07, 6.45) is 6.21. The molecule has 1 heterocycles. The van der Waals surface area contributed by atoms with Crippen LogP contribution in [0.3, 0.4) is 0 Å². The van der Waals surface area contributed by atoms with Gasteiger partial charge >= 0.3 is 12.0 Å². The van der Waals surface area contributed by atoms with Crippen LogP contribution >= 0.6 is 0 Å². The molecule has 2 aliphatic rings. The zero-order valence-electron chi connectivity index (χ0n) is 15.3. The topological polar surface area (TPSA) is 76.7 Å². The van der Waals surface area contributed by atoms with Gasteiger partial charge in [0.15, 0.2) is 0 Å². The van der Waals surface area contributed by atoms with Gasteiger partial charge in [0, 0.05) is 5.70 Å². The zero-order valence-corrected chi connectivity index (χ0v) is 15.3. The third-order valence-corrected chi connectivity index (χ3v) is 4.83. The van der Waals surface area contributed by atoms with Crippen LogP contribution in [0.25, 0.3) is 0 Å². The molecular weight excluding hydrogens is 332 g/mol. The molecule has 0 saturated heterocycles. The number of nitrogens with one attached hydrogen (secondary N) is 2. The molecule has 1 aromatic carbocycles. The van der Waals surface area contributed by atoms with Crippen LogP contribution < -0.4 is 15.4 Å². The highest BCUT2D eigenvalue weighted by molar-refractivity contribution is 5.95. The van der Waals surface area contributed by atoms with Crippen LogP contribution in [0.5, 0.6) is 5.75 Å². The lowest BCUT2D eigenvalue weighted by Crippen LogP contribution is -2.45. The third-order valence-electron chi connectivity index (χ3n) is 4.83. The number of allylic oxidation sites excluding steroid dienone is 1. The molecular formula is C20H26N2O4. The van der Waals surface area contributed by atoms with E-state index in [1.54, 1.807) is 13.8 Å². The molecule has 0 aromatic heterocycles. The van der Waals surface area contributed by atoms with Crippen LogP contribution in [0, 0.1) is 0 Å². The van der Waals surface area contributed by atoms with E-state index in [2.05, 4.69) is 10.6 Å². The van der Waals surface area contributed by atoms with E-state index >= 15 is 0 Å². The van der Waals surface area contributed by atoms with E-state index in [4.69, 9.17) is 9.47 Å². The summed E-state index contributed by atoms with van der Waals surface area (Å²) in [5.74, 6) is 0.393. The van der Waals surface area contributed by atoms with Crippen LogP contribution in [0.15, 0.2) is 35.5 Å². The first-order chi connectivity index (χ1) is 12.6. The summed E-state index contributed by atoms with van der Waals surface area (Å²) in [4.78, 5) is 24.2. The molecule has 1 aliphatic heterocycles. The molecule has 1 unspecified atom stereocenters. The van der Waals surface area contributed by atoms with Crippen LogP contribution in [0.1, 0.15) is 57.6 Å². The first-order valence-corrected chi connectivity index (χ1v) is 9.30. The van der Waals surface area contributed by atoms with Crippen molar-refractivity contribution >= 4 is 12.0 Å². The average Bonchev–Trinajstić information content (AvgIpc) is 2.62. The van der Waals surface area contributed by atoms with Gasteiger partial charge in [-0.1, -0.05) is 18.6 Å². The maximum Gasteiger partial charge on any atom is 0.338 e. The molecule has 26 heavy (non-hydrogen) atoms. The van der Waals surface area contributed by atoms with Crippen LogP contribution in [-0.4, -0.2) is 24.7 Å². The van der Waals surface area contributed by atoms with Gasteiger partial charge in [-0.05, 0) is 57.2 Å². The minimum Gasteiger partial charge on any atom is -0.490 e. The van der Waals surface area contributed by atoms with Crippen LogP contribution in [0.4, 0.5) is 4.79 Å². The molecule has 3 rings (SSSR count). The summed E-state index contributed by atoms with van der Waals surface area (Å²) in [6.45, 7) is 3.75. The highest BCUT2D eigenvalue weighted by atomic mass is 16.5. The first-order valence-electron chi connectivity index (χ1n) is 9.30. The maximum absolute atomic E-state index is 12.3. The van der Waals surface area contributed by atoms with Gasteiger partial charge in [-0.15, -0.1) is 0 Å². The molecule has 0 spiro atoms. The number of carbonyl (C=O) groups is 2. The maximum atomic E-state index is 12.3. The minimum absolute atomic E-state index is 0.282. The lowest BCUT2D eigenvalue weighted by Gasteiger charge is -2.28. The van der Waals surface area contributed by atoms with Gasteiger partial charge in [0.05, 0.1) is 24.3 Å². The lowest BCUT2D eigenvalue weighted by molar-refractivity contribution is -0.139. The third kappa shape index (κ3) is 4.18. The van der Waals surface area contributed by atoms with Gasteiger partial charge in [0.1, 0.15) is 5.75 Å². The lowest BCUT2D eigenvalue weighted by atomic mass is 9.95. The largest absolute Gasteiger partial charge is 0.490 e. The van der Waals surface area contributed by atoms with Gasteiger partial charge in [-0.25, -0.2) is 9.59 Å². The van der Waals surface area contributed by atoms with Crippen molar-refractivity contribution in [3.8, 4) is 5.75 Å². The second-order valence-corrected chi connectivity index (χ2v) is 6.74. The fraction of sp³-hybridized carbons (Fsp3) is 0.500. The molecule has 1 aromatic rings. The smallest absolute Gasteiger partial charge is 0.338 e. The number of hydrogen-bond acceptors (Lipinski definition) is 4. The molecule has 6 nitrogen and oxygen atoms in total. The average molecular weight is 358 g/mol. The highest BCUT2D eigenvalue weighted by Gasteiger charge is 2.32. The van der Waals surface area contributed by atoms with E-state index in [9.17, 15) is 9.59 Å². The molecule has 0 bridgehead atoms. The molecule has 0 radical (unpaired) electrons. The fourth-order valence-electron chi connectivity index (χ4n) is 3.54. The van der Waals surface area contributed by atoms with Crippen molar-refractivity contribution in [2.75, 3.05) is 6.61 Å². The van der Waals surface area contributed by atoms with Gasteiger partial charge in [0.25, 0.3) is 0 Å². The highest BCUT2D eigenvalue weighted by Crippen LogP contribution is 2.30. The van der Waals surface area contributed by atoms with E-state index in [0.717, 1.165) is 24.2 Å². The van der Waals surface area contributed by atoms with E-state index < -0.39 is 12.0 Å². The summed E-state index contributed by atoms with van der Waals surface area (Å²) in [5, 5.41) is 5.44. The number of ether oxygens (including phenoxy) is 2. The molecule has 1 fully saturated rings. The predicted molar refractivity (Wildman–Crippen MR) is 97.7 cm³/mol. The van der Waals surface area contributed by atoms with Crippen molar-refractivity contribution in [1.82, 2.24) is 10.6 Å². The Balaban J connectivity index is 1.78. The van der Waals surface area contributed by atoms with Crippen molar-refractivity contribution in [3.05, 3.63) is 41.1 Å². The van der Waals surface area contributed by atoms with Gasteiger partial charge in [0.2, 0.25) is 0 Å². The van der Waals surface area contributed by atoms with Crippen molar-refractivity contribution in [2.45, 2.75) is 58.1 Å². The molecule has 6 heteroatoms. The second kappa shape index (κ2) is 8.25. The van der Waals surface area contributed by atoms with Gasteiger partial charge < -0.3 is 20.1 Å². The Morgan fingerprint density at radius 1 is 1.15 bits per heavy atom. The number of amides is 2. The standard InChI is InChI=1S/C20H26N2O4/c1-3-25-19(23)17-13(2)21-20(24)22-18(17)14-9-11-16(12-10-14)26-15-7-5-4-6-8-15/h9-12,15,18H,3-8H2,1-2H3,(H2,21,22,24). The Hall–Kier alpha value is -2.50. The summed E-state index contributed by atoms with van der Waals surface area (Å²) in [5.41, 5.74) is 1.75. The molecule has 1 saturated carbocycles. The minimum atomic E-state index is -0.536. The Morgan fingerprint density at radius 3 is 2.50 bits per heavy atom. The number of rotatable bonds is 5. The monoisotopic (exact) mass is 358 g/mol. The van der Waals surface area contributed by atoms with E-state index in [-0.39, 0.29) is 18.7 Å². The predicted octanol–water partition coefficient (Wildman–Crippen LogP) is 3.59. The number of hydrogen-bond donors (Lipinski definition) is 2. The summed E-state index contributed by atoms with van der Waals surface area (Å²) in [6, 6.07) is 6.71. The van der Waals surface area contributed by atoms with Crippen LogP contribution in [0.2, 0.25) is 0 Å². The molecule has 1 atom stereocenters. The Bertz CT molecular complexity index is 690. The number of esters is 1. The Kier molecular flexibility index (Phi) is 5.81. The van der Waals surface area contributed by atoms with E-state index in [0.29, 0.717) is 11.3 Å². The Labute approximate surface area is 153 Å².